The minimum absolute atomic E-state index is 0.138. The van der Waals surface area contributed by atoms with Crippen molar-refractivity contribution in [2.75, 3.05) is 6.61 Å². The molecule has 0 aliphatic carbocycles. The van der Waals surface area contributed by atoms with Gasteiger partial charge in [-0.1, -0.05) is 15.9 Å². The summed E-state index contributed by atoms with van der Waals surface area (Å²) in [5.74, 6) is 0.429. The molecule has 0 amide bonds. The number of hydrogen-bond acceptors (Lipinski definition) is 2. The largest absolute Gasteiger partial charge is 0.491 e. The highest BCUT2D eigenvalue weighted by molar-refractivity contribution is 9.09. The van der Waals surface area contributed by atoms with Crippen LogP contribution in [0.3, 0.4) is 0 Å². The number of halogens is 2. The smallest absolute Gasteiger partial charge is 0.123 e. The summed E-state index contributed by atoms with van der Waals surface area (Å²) in [6.07, 6.45) is 2.15. The van der Waals surface area contributed by atoms with E-state index in [1.54, 1.807) is 12.1 Å². The third-order valence-corrected chi connectivity index (χ3v) is 2.98. The number of ether oxygens (including phenoxy) is 2. The van der Waals surface area contributed by atoms with Crippen LogP contribution in [-0.2, 0) is 4.74 Å². The van der Waals surface area contributed by atoms with Crippen molar-refractivity contribution in [3.05, 3.63) is 30.1 Å². The Bertz CT molecular complexity index is 315. The first-order valence-corrected chi connectivity index (χ1v) is 5.83. The summed E-state index contributed by atoms with van der Waals surface area (Å²) in [4.78, 5) is 0. The SMILES string of the molecule is Fc1ccc(OCC2CCC(Br)O2)cc1. The quantitative estimate of drug-likeness (QED) is 0.789. The fraction of sp³-hybridized carbons (Fsp3) is 0.455. The molecular formula is C11H12BrFO2. The molecule has 4 heteroatoms. The maximum atomic E-state index is 12.6. The Labute approximate surface area is 96.5 Å². The maximum absolute atomic E-state index is 12.6. The Balaban J connectivity index is 1.80. The summed E-state index contributed by atoms with van der Waals surface area (Å²) < 4.78 is 23.6. The lowest BCUT2D eigenvalue weighted by Gasteiger charge is -2.11. The van der Waals surface area contributed by atoms with Gasteiger partial charge < -0.3 is 9.47 Å². The first-order valence-electron chi connectivity index (χ1n) is 4.92. The zero-order chi connectivity index (χ0) is 10.7. The van der Waals surface area contributed by atoms with Crippen molar-refractivity contribution in [2.24, 2.45) is 0 Å². The van der Waals surface area contributed by atoms with Crippen molar-refractivity contribution >= 4 is 15.9 Å². The van der Waals surface area contributed by atoms with Crippen molar-refractivity contribution in [3.8, 4) is 5.75 Å². The average Bonchev–Trinajstić information content (AvgIpc) is 2.64. The monoisotopic (exact) mass is 274 g/mol. The molecule has 15 heavy (non-hydrogen) atoms. The van der Waals surface area contributed by atoms with Gasteiger partial charge in [0, 0.05) is 0 Å². The van der Waals surface area contributed by atoms with Gasteiger partial charge in [0.05, 0.1) is 6.10 Å². The van der Waals surface area contributed by atoms with Crippen LogP contribution >= 0.6 is 15.9 Å². The third kappa shape index (κ3) is 3.18. The summed E-state index contributed by atoms with van der Waals surface area (Å²) in [6, 6.07) is 6.02. The highest BCUT2D eigenvalue weighted by atomic mass is 79.9. The van der Waals surface area contributed by atoms with E-state index in [-0.39, 0.29) is 16.9 Å². The normalized spacial score (nSPS) is 25.5. The number of hydrogen-bond donors (Lipinski definition) is 0. The third-order valence-electron chi connectivity index (χ3n) is 2.31. The average molecular weight is 275 g/mol. The summed E-state index contributed by atoms with van der Waals surface area (Å²) in [6.45, 7) is 0.522. The molecule has 1 aliphatic heterocycles. The van der Waals surface area contributed by atoms with Crippen LogP contribution in [0.1, 0.15) is 12.8 Å². The van der Waals surface area contributed by atoms with E-state index in [2.05, 4.69) is 15.9 Å². The first kappa shape index (κ1) is 10.9. The van der Waals surface area contributed by atoms with E-state index in [1.165, 1.54) is 12.1 Å². The molecule has 1 aromatic rings. The summed E-state index contributed by atoms with van der Waals surface area (Å²) >= 11 is 3.39. The molecule has 0 N–H and O–H groups in total. The van der Waals surface area contributed by atoms with Gasteiger partial charge in [-0.25, -0.2) is 4.39 Å². The zero-order valence-electron chi connectivity index (χ0n) is 8.16. The molecule has 1 aromatic carbocycles. The van der Waals surface area contributed by atoms with Crippen LogP contribution in [0.4, 0.5) is 4.39 Å². The van der Waals surface area contributed by atoms with Gasteiger partial charge in [0.1, 0.15) is 23.2 Å². The zero-order valence-corrected chi connectivity index (χ0v) is 9.74. The van der Waals surface area contributed by atoms with E-state index in [0.29, 0.717) is 12.4 Å². The van der Waals surface area contributed by atoms with E-state index in [9.17, 15) is 4.39 Å². The fourth-order valence-corrected chi connectivity index (χ4v) is 2.07. The topological polar surface area (TPSA) is 18.5 Å². The second-order valence-corrected chi connectivity index (χ2v) is 4.53. The molecule has 2 unspecified atom stereocenters. The van der Waals surface area contributed by atoms with Gasteiger partial charge in [-0.2, -0.15) is 0 Å². The van der Waals surface area contributed by atoms with Crippen molar-refractivity contribution < 1.29 is 13.9 Å². The highest BCUT2D eigenvalue weighted by Gasteiger charge is 2.23. The Hall–Kier alpha value is -0.610. The van der Waals surface area contributed by atoms with Crippen LogP contribution in [0, 0.1) is 5.82 Å². The lowest BCUT2D eigenvalue weighted by molar-refractivity contribution is 0.0568. The molecule has 0 bridgehead atoms. The van der Waals surface area contributed by atoms with E-state index >= 15 is 0 Å². The van der Waals surface area contributed by atoms with Crippen LogP contribution in [0.2, 0.25) is 0 Å². The molecule has 0 spiro atoms. The lowest BCUT2D eigenvalue weighted by atomic mass is 10.2. The van der Waals surface area contributed by atoms with E-state index in [4.69, 9.17) is 9.47 Å². The maximum Gasteiger partial charge on any atom is 0.123 e. The Morgan fingerprint density at radius 2 is 2.07 bits per heavy atom. The Morgan fingerprint density at radius 1 is 1.33 bits per heavy atom. The van der Waals surface area contributed by atoms with Crippen molar-refractivity contribution in [1.29, 1.82) is 0 Å². The number of benzene rings is 1. The molecule has 2 nitrogen and oxygen atoms in total. The molecule has 1 saturated heterocycles. The van der Waals surface area contributed by atoms with Gasteiger partial charge in [0.2, 0.25) is 0 Å². The summed E-state index contributed by atoms with van der Waals surface area (Å²) in [7, 11) is 0. The molecule has 1 aliphatic rings. The molecule has 1 heterocycles. The van der Waals surface area contributed by atoms with Crippen molar-refractivity contribution in [3.63, 3.8) is 0 Å². The van der Waals surface area contributed by atoms with Crippen LogP contribution < -0.4 is 4.74 Å². The van der Waals surface area contributed by atoms with Crippen LogP contribution in [-0.4, -0.2) is 17.7 Å². The van der Waals surface area contributed by atoms with Gasteiger partial charge in [-0.15, -0.1) is 0 Å². The number of alkyl halides is 1. The van der Waals surface area contributed by atoms with Crippen molar-refractivity contribution in [1.82, 2.24) is 0 Å². The molecule has 0 aromatic heterocycles. The van der Waals surface area contributed by atoms with Crippen LogP contribution in [0.5, 0.6) is 5.75 Å². The summed E-state index contributed by atoms with van der Waals surface area (Å²) in [5, 5.41) is 0.152. The lowest BCUT2D eigenvalue weighted by Crippen LogP contribution is -2.17. The molecular weight excluding hydrogens is 263 g/mol. The van der Waals surface area contributed by atoms with Gasteiger partial charge in [-0.05, 0) is 37.1 Å². The molecule has 0 radical (unpaired) electrons. The predicted molar refractivity (Wildman–Crippen MR) is 58.7 cm³/mol. The van der Waals surface area contributed by atoms with Crippen molar-refractivity contribution in [2.45, 2.75) is 24.0 Å². The first-order chi connectivity index (χ1) is 7.24. The van der Waals surface area contributed by atoms with E-state index < -0.39 is 0 Å². The number of rotatable bonds is 3. The van der Waals surface area contributed by atoms with Gasteiger partial charge >= 0.3 is 0 Å². The van der Waals surface area contributed by atoms with Gasteiger partial charge in [0.15, 0.2) is 0 Å². The molecule has 2 rings (SSSR count). The minimum Gasteiger partial charge on any atom is -0.491 e. The Kier molecular flexibility index (Phi) is 3.59. The predicted octanol–water partition coefficient (Wildman–Crippen LogP) is 3.10. The van der Waals surface area contributed by atoms with Crippen LogP contribution in [0.25, 0.3) is 0 Å². The minimum atomic E-state index is -0.250. The molecule has 82 valence electrons. The molecule has 0 saturated carbocycles. The molecule has 1 fully saturated rings. The second-order valence-electron chi connectivity index (χ2n) is 3.51. The van der Waals surface area contributed by atoms with E-state index in [0.717, 1.165) is 12.8 Å². The highest BCUT2D eigenvalue weighted by Crippen LogP contribution is 2.24. The van der Waals surface area contributed by atoms with Gasteiger partial charge in [-0.3, -0.25) is 0 Å². The second kappa shape index (κ2) is 4.94. The van der Waals surface area contributed by atoms with Crippen LogP contribution in [0.15, 0.2) is 24.3 Å². The van der Waals surface area contributed by atoms with E-state index in [1.807, 2.05) is 0 Å². The fourth-order valence-electron chi connectivity index (χ4n) is 1.50. The van der Waals surface area contributed by atoms with Gasteiger partial charge in [0.25, 0.3) is 0 Å². The molecule has 2 atom stereocenters. The standard InChI is InChI=1S/C11H12BrFO2/c12-11-6-5-10(15-11)7-14-9-3-1-8(13)2-4-9/h1-4,10-11H,5-7H2. The summed E-state index contributed by atoms with van der Waals surface area (Å²) in [5.41, 5.74) is 0. The Morgan fingerprint density at radius 3 is 2.67 bits per heavy atom.